The maximum atomic E-state index is 12.2. The van der Waals surface area contributed by atoms with Crippen LogP contribution in [-0.2, 0) is 4.74 Å². The number of amides is 1. The van der Waals surface area contributed by atoms with Gasteiger partial charge in [-0.3, -0.25) is 4.98 Å². The second-order valence-corrected chi connectivity index (χ2v) is 12.2. The average molecular weight is 480 g/mol. The molecule has 1 aromatic rings. The first kappa shape index (κ1) is 24.4. The summed E-state index contributed by atoms with van der Waals surface area (Å²) in [6, 6.07) is 1.65. The van der Waals surface area contributed by atoms with Crippen molar-refractivity contribution in [2.45, 2.75) is 45.0 Å². The van der Waals surface area contributed by atoms with E-state index < -0.39 is 11.6 Å². The molecule has 1 aliphatic carbocycles. The van der Waals surface area contributed by atoms with Crippen LogP contribution in [0.5, 0.6) is 0 Å². The van der Waals surface area contributed by atoms with Crippen LogP contribution in [0.1, 0.15) is 44.0 Å². The zero-order valence-corrected chi connectivity index (χ0v) is 21.1. The fourth-order valence-electron chi connectivity index (χ4n) is 6.84. The molecule has 1 aromatic heterocycles. The minimum absolute atomic E-state index is 0.194. The number of anilines is 1. The van der Waals surface area contributed by atoms with E-state index in [2.05, 4.69) is 14.8 Å². The lowest BCUT2D eigenvalue weighted by Gasteiger charge is -2.55. The Labute approximate surface area is 209 Å². The summed E-state index contributed by atoms with van der Waals surface area (Å²) in [7, 11) is 6.14. The molecule has 6 fully saturated rings. The second kappa shape index (κ2) is 9.30. The van der Waals surface area contributed by atoms with Gasteiger partial charge in [0.2, 0.25) is 0 Å². The van der Waals surface area contributed by atoms with E-state index in [1.165, 1.54) is 38.7 Å². The highest BCUT2D eigenvalue weighted by Crippen LogP contribution is 2.48. The van der Waals surface area contributed by atoms with Gasteiger partial charge in [0.1, 0.15) is 5.60 Å². The maximum absolute atomic E-state index is 12.2. The molecule has 1 saturated carbocycles. The van der Waals surface area contributed by atoms with Gasteiger partial charge in [0.25, 0.3) is 0 Å². The molecule has 5 aliphatic heterocycles. The summed E-state index contributed by atoms with van der Waals surface area (Å²) in [6.07, 6.45) is 5.65. The van der Waals surface area contributed by atoms with E-state index in [0.29, 0.717) is 30.7 Å². The van der Waals surface area contributed by atoms with Crippen LogP contribution in [-0.4, -0.2) is 91.2 Å². The van der Waals surface area contributed by atoms with Crippen molar-refractivity contribution in [1.82, 2.24) is 14.8 Å². The number of pyridine rings is 1. The van der Waals surface area contributed by atoms with Crippen LogP contribution in [0.4, 0.5) is 10.5 Å². The number of hydrogen-bond acceptors (Lipinski definition) is 6. The number of aromatic nitrogens is 1. The van der Waals surface area contributed by atoms with Crippen molar-refractivity contribution in [3.8, 4) is 0 Å². The highest BCUT2D eigenvalue weighted by molar-refractivity contribution is 6.12. The third-order valence-electron chi connectivity index (χ3n) is 8.34. The van der Waals surface area contributed by atoms with Crippen LogP contribution < -0.4 is 4.90 Å². The molecule has 4 atom stereocenters. The van der Waals surface area contributed by atoms with Gasteiger partial charge >= 0.3 is 12.1 Å². The Bertz CT molecular complexity index is 925. The summed E-state index contributed by atoms with van der Waals surface area (Å²) in [5, 5.41) is 9.09. The first-order valence-electron chi connectivity index (χ1n) is 12.9. The number of fused-ring (bicyclic) bond motifs is 1. The highest BCUT2D eigenvalue weighted by Gasteiger charge is 2.45. The van der Waals surface area contributed by atoms with Gasteiger partial charge in [0, 0.05) is 63.8 Å². The summed E-state index contributed by atoms with van der Waals surface area (Å²) in [5.41, 5.74) is 0.539. The van der Waals surface area contributed by atoms with Crippen molar-refractivity contribution < 1.29 is 19.4 Å². The van der Waals surface area contributed by atoms with E-state index in [9.17, 15) is 9.59 Å². The SMILES string of the molecule is CC(C)(C)OC(=O)N1CC2CN(c3cncc(C(=O)O)c3)CC2C1.[B]C1C2CC3CC1CN(C3)C2. The Kier molecular flexibility index (Phi) is 6.49. The lowest BCUT2D eigenvalue weighted by molar-refractivity contribution is -0.0158. The van der Waals surface area contributed by atoms with Gasteiger partial charge in [0.05, 0.1) is 25.3 Å². The van der Waals surface area contributed by atoms with Gasteiger partial charge in [-0.05, 0) is 57.4 Å². The third-order valence-corrected chi connectivity index (χ3v) is 8.34. The molecule has 2 radical (unpaired) electrons. The normalized spacial score (nSPS) is 34.9. The number of nitrogens with zero attached hydrogens (tertiary/aromatic N) is 4. The summed E-state index contributed by atoms with van der Waals surface area (Å²) in [6.45, 7) is 12.5. The fourth-order valence-corrected chi connectivity index (χ4v) is 6.84. The predicted octanol–water partition coefficient (Wildman–Crippen LogP) is 3.00. The number of carbonyl (C=O) groups is 2. The number of ether oxygens (including phenoxy) is 1. The molecule has 7 rings (SSSR count). The molecule has 6 aliphatic rings. The molecule has 0 spiro atoms. The van der Waals surface area contributed by atoms with Gasteiger partial charge < -0.3 is 24.5 Å². The number of piperidine rings is 3. The van der Waals surface area contributed by atoms with E-state index in [1.807, 2.05) is 20.8 Å². The van der Waals surface area contributed by atoms with E-state index in [1.54, 1.807) is 17.2 Å². The van der Waals surface area contributed by atoms with Gasteiger partial charge in [-0.15, -0.1) is 0 Å². The quantitative estimate of drug-likeness (QED) is 0.652. The third kappa shape index (κ3) is 5.30. The molecule has 0 aromatic carbocycles. The van der Waals surface area contributed by atoms with Crippen molar-refractivity contribution in [1.29, 1.82) is 0 Å². The lowest BCUT2D eigenvalue weighted by atomic mass is 9.55. The van der Waals surface area contributed by atoms with Crippen LogP contribution in [0.15, 0.2) is 18.5 Å². The second-order valence-electron chi connectivity index (χ2n) is 12.2. The predicted molar refractivity (Wildman–Crippen MR) is 134 cm³/mol. The van der Waals surface area contributed by atoms with Gasteiger partial charge in [-0.25, -0.2) is 9.59 Å². The molecule has 4 bridgehead atoms. The number of hydrogen-bond donors (Lipinski definition) is 1. The minimum atomic E-state index is -0.972. The molecule has 5 saturated heterocycles. The van der Waals surface area contributed by atoms with Crippen LogP contribution in [0.2, 0.25) is 5.82 Å². The number of carboxylic acid groups (broad SMARTS) is 1. The topological polar surface area (TPSA) is 86.2 Å². The summed E-state index contributed by atoms with van der Waals surface area (Å²) < 4.78 is 5.44. The largest absolute Gasteiger partial charge is 0.478 e. The van der Waals surface area contributed by atoms with Gasteiger partial charge in [0.15, 0.2) is 0 Å². The number of rotatable bonds is 2. The van der Waals surface area contributed by atoms with Crippen LogP contribution >= 0.6 is 0 Å². The Morgan fingerprint density at radius 3 is 2.14 bits per heavy atom. The standard InChI is InChI=1S/C17H23N3O4.C9H14BN/c1-17(2,3)24-16(23)20-9-12-7-19(8-13(12)10-20)14-4-11(15(21)22)5-18-6-14;10-9-7-1-6-2-8(9)5-11(3-6)4-7/h4-6,12-13H,7-10H2,1-3H3,(H,21,22);6-9H,1-5H2. The van der Waals surface area contributed by atoms with Crippen LogP contribution in [0, 0.1) is 29.6 Å². The molecule has 188 valence electrons. The molecular formula is C26H37BN4O4. The van der Waals surface area contributed by atoms with Crippen molar-refractivity contribution in [3.05, 3.63) is 24.0 Å². The van der Waals surface area contributed by atoms with E-state index >= 15 is 0 Å². The summed E-state index contributed by atoms with van der Waals surface area (Å²) in [4.78, 5) is 33.8. The minimum Gasteiger partial charge on any atom is -0.478 e. The maximum Gasteiger partial charge on any atom is 0.410 e. The molecule has 1 amide bonds. The van der Waals surface area contributed by atoms with Crippen molar-refractivity contribution in [2.75, 3.05) is 50.7 Å². The smallest absolute Gasteiger partial charge is 0.410 e. The molecule has 1 N–H and O–H groups in total. The number of likely N-dealkylation sites (tertiary alicyclic amines) is 1. The molecule has 6 heterocycles. The Morgan fingerprint density at radius 2 is 1.60 bits per heavy atom. The van der Waals surface area contributed by atoms with Crippen molar-refractivity contribution in [2.24, 2.45) is 29.6 Å². The molecule has 9 heteroatoms. The average Bonchev–Trinajstić information content (AvgIpc) is 3.36. The molecular weight excluding hydrogens is 443 g/mol. The van der Waals surface area contributed by atoms with Crippen LogP contribution in [0.25, 0.3) is 0 Å². The van der Waals surface area contributed by atoms with Gasteiger partial charge in [-0.1, -0.05) is 5.82 Å². The van der Waals surface area contributed by atoms with Gasteiger partial charge in [-0.2, -0.15) is 0 Å². The molecule has 35 heavy (non-hydrogen) atoms. The number of aromatic carboxylic acids is 1. The fraction of sp³-hybridized carbons (Fsp3) is 0.731. The number of carboxylic acids is 1. The lowest BCUT2D eigenvalue weighted by Crippen LogP contribution is -2.55. The Balaban J connectivity index is 0.000000189. The Morgan fingerprint density at radius 1 is 0.971 bits per heavy atom. The monoisotopic (exact) mass is 480 g/mol. The van der Waals surface area contributed by atoms with E-state index in [4.69, 9.17) is 17.7 Å². The van der Waals surface area contributed by atoms with E-state index in [0.717, 1.165) is 36.5 Å². The highest BCUT2D eigenvalue weighted by atomic mass is 16.6. The first-order valence-corrected chi connectivity index (χ1v) is 12.9. The first-order chi connectivity index (χ1) is 16.6. The molecule has 4 unspecified atom stereocenters. The molecule has 8 nitrogen and oxygen atoms in total. The zero-order chi connectivity index (χ0) is 24.9. The summed E-state index contributed by atoms with van der Waals surface area (Å²) >= 11 is 0. The zero-order valence-electron chi connectivity index (χ0n) is 21.1. The summed E-state index contributed by atoms with van der Waals surface area (Å²) in [5.74, 6) is 3.04. The van der Waals surface area contributed by atoms with Crippen molar-refractivity contribution in [3.63, 3.8) is 0 Å². The van der Waals surface area contributed by atoms with Crippen LogP contribution in [0.3, 0.4) is 0 Å². The van der Waals surface area contributed by atoms with Crippen molar-refractivity contribution >= 4 is 25.6 Å². The number of carbonyl (C=O) groups excluding carboxylic acids is 1. The Hall–Kier alpha value is -2.29. The van der Waals surface area contributed by atoms with E-state index in [-0.39, 0.29) is 11.7 Å².